The summed E-state index contributed by atoms with van der Waals surface area (Å²) in [6.45, 7) is 0. The van der Waals surface area contributed by atoms with Crippen molar-refractivity contribution < 1.29 is 4.79 Å². The van der Waals surface area contributed by atoms with E-state index in [0.29, 0.717) is 10.7 Å². The van der Waals surface area contributed by atoms with Crippen LogP contribution in [0.2, 0.25) is 5.02 Å². The number of aromatic nitrogens is 3. The van der Waals surface area contributed by atoms with Crippen LogP contribution in [0.3, 0.4) is 0 Å². The summed E-state index contributed by atoms with van der Waals surface area (Å²) in [5.74, 6) is -0.0348. The van der Waals surface area contributed by atoms with Crippen LogP contribution in [0.1, 0.15) is 36.2 Å². The number of nitrogens with zero attached hydrogens (tertiary/aromatic N) is 3. The topological polar surface area (TPSA) is 85.8 Å². The van der Waals surface area contributed by atoms with Crippen LogP contribution >= 0.6 is 11.6 Å². The van der Waals surface area contributed by atoms with Crippen molar-refractivity contribution in [3.05, 3.63) is 35.0 Å². The van der Waals surface area contributed by atoms with Crippen molar-refractivity contribution in [2.24, 2.45) is 0 Å². The minimum atomic E-state index is -0.264. The number of hydrogen-bond acceptors (Lipinski definition) is 4. The highest BCUT2D eigenvalue weighted by Crippen LogP contribution is 2.20. The lowest BCUT2D eigenvalue weighted by molar-refractivity contribution is 0.0933. The SMILES string of the molecule is Nc1c(C(=O)NC2CCCC2)nnn1-c1ccc(Cl)cc1. The van der Waals surface area contributed by atoms with Gasteiger partial charge >= 0.3 is 0 Å². The highest BCUT2D eigenvalue weighted by atomic mass is 35.5. The van der Waals surface area contributed by atoms with Gasteiger partial charge in [-0.15, -0.1) is 5.10 Å². The molecule has 1 amide bonds. The number of carbonyl (C=O) groups excluding carboxylic acids is 1. The molecule has 0 atom stereocenters. The lowest BCUT2D eigenvalue weighted by Crippen LogP contribution is -2.33. The largest absolute Gasteiger partial charge is 0.382 e. The summed E-state index contributed by atoms with van der Waals surface area (Å²) in [5.41, 5.74) is 6.87. The van der Waals surface area contributed by atoms with Gasteiger partial charge in [0.15, 0.2) is 11.5 Å². The fraction of sp³-hybridized carbons (Fsp3) is 0.357. The fourth-order valence-electron chi connectivity index (χ4n) is 2.55. The molecule has 1 heterocycles. The second-order valence-electron chi connectivity index (χ2n) is 5.17. The summed E-state index contributed by atoms with van der Waals surface area (Å²) in [6.07, 6.45) is 4.32. The molecule has 1 aromatic heterocycles. The van der Waals surface area contributed by atoms with Gasteiger partial charge in [0, 0.05) is 11.1 Å². The van der Waals surface area contributed by atoms with Crippen LogP contribution in [0, 0.1) is 0 Å². The summed E-state index contributed by atoms with van der Waals surface area (Å²) in [7, 11) is 0. The molecule has 21 heavy (non-hydrogen) atoms. The lowest BCUT2D eigenvalue weighted by atomic mass is 10.2. The van der Waals surface area contributed by atoms with Crippen molar-refractivity contribution in [3.63, 3.8) is 0 Å². The molecule has 6 nitrogen and oxygen atoms in total. The van der Waals surface area contributed by atoms with Crippen LogP contribution in [-0.2, 0) is 0 Å². The Balaban J connectivity index is 1.81. The van der Waals surface area contributed by atoms with E-state index in [1.165, 1.54) is 4.68 Å². The van der Waals surface area contributed by atoms with Gasteiger partial charge in [-0.1, -0.05) is 29.7 Å². The van der Waals surface area contributed by atoms with Crippen LogP contribution in [0.5, 0.6) is 0 Å². The van der Waals surface area contributed by atoms with Gasteiger partial charge in [-0.3, -0.25) is 4.79 Å². The number of benzene rings is 1. The molecule has 0 saturated heterocycles. The van der Waals surface area contributed by atoms with E-state index in [0.717, 1.165) is 25.7 Å². The monoisotopic (exact) mass is 305 g/mol. The Bertz CT molecular complexity index is 646. The zero-order valence-electron chi connectivity index (χ0n) is 11.4. The predicted molar refractivity (Wildman–Crippen MR) is 80.5 cm³/mol. The van der Waals surface area contributed by atoms with Crippen LogP contribution in [0.25, 0.3) is 5.69 Å². The molecule has 0 spiro atoms. The molecule has 3 rings (SSSR count). The minimum Gasteiger partial charge on any atom is -0.382 e. The number of rotatable bonds is 3. The summed E-state index contributed by atoms with van der Waals surface area (Å²) in [5, 5.41) is 11.4. The summed E-state index contributed by atoms with van der Waals surface area (Å²) < 4.78 is 1.43. The third-order valence-electron chi connectivity index (χ3n) is 3.68. The molecule has 1 aliphatic carbocycles. The quantitative estimate of drug-likeness (QED) is 0.910. The van der Waals surface area contributed by atoms with E-state index < -0.39 is 0 Å². The van der Waals surface area contributed by atoms with Crippen molar-refractivity contribution in [2.75, 3.05) is 5.73 Å². The number of nitrogens with one attached hydrogen (secondary N) is 1. The predicted octanol–water partition coefficient (Wildman–Crippen LogP) is 2.18. The first-order valence-corrected chi connectivity index (χ1v) is 7.31. The maximum Gasteiger partial charge on any atom is 0.275 e. The van der Waals surface area contributed by atoms with Gasteiger partial charge in [-0.2, -0.15) is 4.68 Å². The van der Waals surface area contributed by atoms with Gasteiger partial charge in [-0.05, 0) is 37.1 Å². The molecule has 1 saturated carbocycles. The first-order valence-electron chi connectivity index (χ1n) is 6.93. The Hall–Kier alpha value is -2.08. The molecule has 1 aliphatic rings. The van der Waals surface area contributed by atoms with Gasteiger partial charge in [0.2, 0.25) is 0 Å². The Kier molecular flexibility index (Phi) is 3.79. The molecule has 1 fully saturated rings. The Morgan fingerprint density at radius 2 is 1.95 bits per heavy atom. The Morgan fingerprint density at radius 1 is 1.29 bits per heavy atom. The first-order chi connectivity index (χ1) is 10.1. The number of carbonyl (C=O) groups is 1. The molecule has 3 N–H and O–H groups in total. The van der Waals surface area contributed by atoms with Gasteiger partial charge in [0.05, 0.1) is 5.69 Å². The van der Waals surface area contributed by atoms with Gasteiger partial charge in [0.25, 0.3) is 5.91 Å². The van der Waals surface area contributed by atoms with Crippen molar-refractivity contribution in [3.8, 4) is 5.69 Å². The zero-order chi connectivity index (χ0) is 14.8. The molecule has 0 aliphatic heterocycles. The summed E-state index contributed by atoms with van der Waals surface area (Å²) >= 11 is 5.85. The standard InChI is InChI=1S/C14H16ClN5O/c15-9-5-7-11(8-6-9)20-13(16)12(18-19-20)14(21)17-10-3-1-2-4-10/h5-8,10H,1-4,16H2,(H,17,21). The van der Waals surface area contributed by atoms with Crippen molar-refractivity contribution >= 4 is 23.3 Å². The molecule has 0 bridgehead atoms. The van der Waals surface area contributed by atoms with Gasteiger partial charge < -0.3 is 11.1 Å². The lowest BCUT2D eigenvalue weighted by Gasteiger charge is -2.10. The van der Waals surface area contributed by atoms with Crippen LogP contribution < -0.4 is 11.1 Å². The van der Waals surface area contributed by atoms with E-state index in [2.05, 4.69) is 15.6 Å². The van der Waals surface area contributed by atoms with E-state index in [-0.39, 0.29) is 23.5 Å². The maximum atomic E-state index is 12.2. The minimum absolute atomic E-state index is 0.164. The van der Waals surface area contributed by atoms with Crippen LogP contribution in [0.15, 0.2) is 24.3 Å². The number of halogens is 1. The fourth-order valence-corrected chi connectivity index (χ4v) is 2.67. The molecular weight excluding hydrogens is 290 g/mol. The molecule has 2 aromatic rings. The van der Waals surface area contributed by atoms with E-state index in [1.54, 1.807) is 24.3 Å². The third-order valence-corrected chi connectivity index (χ3v) is 3.93. The van der Waals surface area contributed by atoms with Crippen molar-refractivity contribution in [1.82, 2.24) is 20.3 Å². The van der Waals surface area contributed by atoms with Gasteiger partial charge in [-0.25, -0.2) is 0 Å². The number of anilines is 1. The molecule has 0 unspecified atom stereocenters. The van der Waals surface area contributed by atoms with E-state index >= 15 is 0 Å². The molecule has 7 heteroatoms. The average Bonchev–Trinajstić information content (AvgIpc) is 3.09. The molecular formula is C14H16ClN5O. The van der Waals surface area contributed by atoms with E-state index in [1.807, 2.05) is 0 Å². The molecule has 110 valence electrons. The molecule has 1 aromatic carbocycles. The number of nitrogen functional groups attached to an aromatic ring is 1. The summed E-state index contributed by atoms with van der Waals surface area (Å²) in [6, 6.07) is 7.22. The second-order valence-corrected chi connectivity index (χ2v) is 5.60. The smallest absolute Gasteiger partial charge is 0.275 e. The van der Waals surface area contributed by atoms with Crippen molar-refractivity contribution in [1.29, 1.82) is 0 Å². The zero-order valence-corrected chi connectivity index (χ0v) is 12.2. The molecule has 0 radical (unpaired) electrons. The Morgan fingerprint density at radius 3 is 2.62 bits per heavy atom. The number of hydrogen-bond donors (Lipinski definition) is 2. The number of amides is 1. The van der Waals surface area contributed by atoms with Gasteiger partial charge in [0.1, 0.15) is 0 Å². The van der Waals surface area contributed by atoms with Crippen molar-refractivity contribution in [2.45, 2.75) is 31.7 Å². The first kappa shape index (κ1) is 13.9. The maximum absolute atomic E-state index is 12.2. The van der Waals surface area contributed by atoms with E-state index in [4.69, 9.17) is 17.3 Å². The Labute approximate surface area is 127 Å². The highest BCUT2D eigenvalue weighted by molar-refractivity contribution is 6.30. The summed E-state index contributed by atoms with van der Waals surface area (Å²) in [4.78, 5) is 12.2. The highest BCUT2D eigenvalue weighted by Gasteiger charge is 2.23. The van der Waals surface area contributed by atoms with Crippen LogP contribution in [-0.4, -0.2) is 26.9 Å². The van der Waals surface area contributed by atoms with E-state index in [9.17, 15) is 4.79 Å². The third kappa shape index (κ3) is 2.85. The number of nitrogens with two attached hydrogens (primary N) is 1. The van der Waals surface area contributed by atoms with Crippen LogP contribution in [0.4, 0.5) is 5.82 Å². The normalized spacial score (nSPS) is 15.3. The second kappa shape index (κ2) is 5.73. The average molecular weight is 306 g/mol.